The number of nitrogens with one attached hydrogen (secondary N) is 2. The second-order valence-electron chi connectivity index (χ2n) is 11.1. The number of aromatic nitrogens is 1. The number of amides is 2. The van der Waals surface area contributed by atoms with E-state index in [1.54, 1.807) is 13.3 Å². The normalized spacial score (nSPS) is 21.8. The summed E-state index contributed by atoms with van der Waals surface area (Å²) in [6, 6.07) is 16.0. The molecule has 8 nitrogen and oxygen atoms in total. The van der Waals surface area contributed by atoms with E-state index in [2.05, 4.69) is 15.5 Å². The lowest BCUT2D eigenvalue weighted by Gasteiger charge is -2.40. The molecule has 6 rings (SSSR count). The van der Waals surface area contributed by atoms with Crippen LogP contribution in [0.15, 0.2) is 54.7 Å². The Morgan fingerprint density at radius 2 is 1.88 bits per heavy atom. The van der Waals surface area contributed by atoms with Crippen LogP contribution in [0, 0.1) is 6.92 Å². The number of benzene rings is 2. The van der Waals surface area contributed by atoms with Crippen molar-refractivity contribution in [2.75, 3.05) is 18.6 Å². The van der Waals surface area contributed by atoms with Gasteiger partial charge in [-0.15, -0.1) is 0 Å². The molecule has 3 aliphatic rings. The third-order valence-electron chi connectivity index (χ3n) is 8.63. The first kappa shape index (κ1) is 26.2. The third-order valence-corrected chi connectivity index (χ3v) is 8.63. The highest BCUT2D eigenvalue weighted by atomic mass is 16.5. The van der Waals surface area contributed by atoms with Crippen LogP contribution in [0.4, 0.5) is 5.82 Å². The van der Waals surface area contributed by atoms with Gasteiger partial charge in [-0.3, -0.25) is 9.59 Å². The molecule has 1 aromatic heterocycles. The van der Waals surface area contributed by atoms with Crippen molar-refractivity contribution in [2.24, 2.45) is 0 Å². The summed E-state index contributed by atoms with van der Waals surface area (Å²) in [5.41, 5.74) is 4.32. The van der Waals surface area contributed by atoms with Gasteiger partial charge in [0.05, 0.1) is 25.3 Å². The highest BCUT2D eigenvalue weighted by molar-refractivity contribution is 5.97. The van der Waals surface area contributed by atoms with Crippen LogP contribution in [0.3, 0.4) is 0 Å². The first-order chi connectivity index (χ1) is 19.4. The third kappa shape index (κ3) is 4.98. The van der Waals surface area contributed by atoms with Gasteiger partial charge in [-0.25, -0.2) is 4.98 Å². The number of ether oxygens (including phenoxy) is 2. The number of piperidine rings is 1. The second-order valence-corrected chi connectivity index (χ2v) is 11.1. The number of hydrogen-bond acceptors (Lipinski definition) is 6. The van der Waals surface area contributed by atoms with Crippen molar-refractivity contribution in [1.29, 1.82) is 0 Å². The van der Waals surface area contributed by atoms with Crippen molar-refractivity contribution >= 4 is 17.6 Å². The van der Waals surface area contributed by atoms with Crippen LogP contribution in [-0.2, 0) is 6.42 Å². The Kier molecular flexibility index (Phi) is 7.09. The Bertz CT molecular complexity index is 1410. The Labute approximate surface area is 235 Å². The molecule has 0 aliphatic carbocycles. The van der Waals surface area contributed by atoms with Crippen molar-refractivity contribution in [3.8, 4) is 11.5 Å². The molecule has 40 heavy (non-hydrogen) atoms. The van der Waals surface area contributed by atoms with Crippen LogP contribution < -0.4 is 25.0 Å². The van der Waals surface area contributed by atoms with Gasteiger partial charge in [0.1, 0.15) is 17.3 Å². The Morgan fingerprint density at radius 3 is 2.60 bits per heavy atom. The molecular formula is C32H36N4O4. The molecule has 208 valence electrons. The van der Waals surface area contributed by atoms with E-state index in [0.717, 1.165) is 60.5 Å². The summed E-state index contributed by atoms with van der Waals surface area (Å²) in [6.45, 7) is 4.61. The lowest BCUT2D eigenvalue weighted by atomic mass is 9.96. The predicted octanol–water partition coefficient (Wildman–Crippen LogP) is 4.75. The number of anilines is 1. The SMILES string of the molecule is COc1cccc([C@H](C)NC(=O)c2ccc(N3C4CCC3CC(NC(=O)c3ccc5c(c3C)OCC5)C4)nc2)c1. The van der Waals surface area contributed by atoms with Crippen molar-refractivity contribution in [3.63, 3.8) is 0 Å². The zero-order chi connectivity index (χ0) is 27.8. The zero-order valence-electron chi connectivity index (χ0n) is 23.3. The zero-order valence-corrected chi connectivity index (χ0v) is 23.3. The van der Waals surface area contributed by atoms with Crippen LogP contribution in [0.2, 0.25) is 0 Å². The summed E-state index contributed by atoms with van der Waals surface area (Å²) in [4.78, 5) is 33.2. The quantitative estimate of drug-likeness (QED) is 0.449. The van der Waals surface area contributed by atoms with E-state index >= 15 is 0 Å². The summed E-state index contributed by atoms with van der Waals surface area (Å²) in [5, 5.41) is 6.35. The van der Waals surface area contributed by atoms with Crippen LogP contribution in [0.1, 0.15) is 76.1 Å². The molecule has 0 radical (unpaired) electrons. The van der Waals surface area contributed by atoms with E-state index in [1.165, 1.54) is 5.56 Å². The number of methoxy groups -OCH3 is 1. The number of hydrogen-bond donors (Lipinski definition) is 2. The maximum Gasteiger partial charge on any atom is 0.253 e. The van der Waals surface area contributed by atoms with Crippen molar-refractivity contribution in [3.05, 3.63) is 82.5 Å². The maximum absolute atomic E-state index is 13.2. The smallest absolute Gasteiger partial charge is 0.253 e. The molecular weight excluding hydrogens is 504 g/mol. The van der Waals surface area contributed by atoms with E-state index < -0.39 is 0 Å². The number of nitrogens with zero attached hydrogens (tertiary/aromatic N) is 2. The summed E-state index contributed by atoms with van der Waals surface area (Å²) >= 11 is 0. The van der Waals surface area contributed by atoms with Crippen LogP contribution in [0.25, 0.3) is 0 Å². The maximum atomic E-state index is 13.2. The predicted molar refractivity (Wildman–Crippen MR) is 153 cm³/mol. The number of fused-ring (bicyclic) bond motifs is 3. The summed E-state index contributed by atoms with van der Waals surface area (Å²) < 4.78 is 11.1. The highest BCUT2D eigenvalue weighted by Crippen LogP contribution is 2.39. The first-order valence-electron chi connectivity index (χ1n) is 14.2. The molecule has 2 saturated heterocycles. The molecule has 3 aliphatic heterocycles. The van der Waals surface area contributed by atoms with E-state index in [-0.39, 0.29) is 23.9 Å². The van der Waals surface area contributed by atoms with Crippen LogP contribution >= 0.6 is 0 Å². The van der Waals surface area contributed by atoms with Crippen molar-refractivity contribution < 1.29 is 19.1 Å². The van der Waals surface area contributed by atoms with Gasteiger partial charge in [-0.2, -0.15) is 0 Å². The average Bonchev–Trinajstić information content (AvgIpc) is 3.56. The Balaban J connectivity index is 1.08. The molecule has 0 spiro atoms. The van der Waals surface area contributed by atoms with Gasteiger partial charge in [-0.05, 0) is 81.0 Å². The molecule has 2 fully saturated rings. The molecule has 0 saturated carbocycles. The van der Waals surface area contributed by atoms with Gasteiger partial charge in [-0.1, -0.05) is 18.2 Å². The monoisotopic (exact) mass is 540 g/mol. The molecule has 3 aromatic rings. The number of carbonyl (C=O) groups excluding carboxylic acids is 2. The van der Waals surface area contributed by atoms with E-state index in [0.29, 0.717) is 29.8 Å². The Hall–Kier alpha value is -4.07. The van der Waals surface area contributed by atoms with Crippen LogP contribution in [-0.4, -0.2) is 48.6 Å². The summed E-state index contributed by atoms with van der Waals surface area (Å²) in [6.07, 6.45) is 6.47. The second kappa shape index (κ2) is 10.8. The van der Waals surface area contributed by atoms with Gasteiger partial charge in [0.2, 0.25) is 0 Å². The minimum absolute atomic E-state index is 0.0229. The molecule has 2 bridgehead atoms. The lowest BCUT2D eigenvalue weighted by molar-refractivity contribution is 0.0922. The fourth-order valence-electron chi connectivity index (χ4n) is 6.53. The molecule has 2 N–H and O–H groups in total. The number of pyridine rings is 1. The topological polar surface area (TPSA) is 92.8 Å². The lowest BCUT2D eigenvalue weighted by Crippen LogP contribution is -2.50. The molecule has 4 heterocycles. The van der Waals surface area contributed by atoms with Crippen LogP contribution in [0.5, 0.6) is 11.5 Å². The Morgan fingerprint density at radius 1 is 1.07 bits per heavy atom. The fraction of sp³-hybridized carbons (Fsp3) is 0.406. The molecule has 2 aromatic carbocycles. The highest BCUT2D eigenvalue weighted by Gasteiger charge is 2.42. The number of rotatable bonds is 7. The first-order valence-corrected chi connectivity index (χ1v) is 14.2. The molecule has 2 amide bonds. The molecule has 2 unspecified atom stereocenters. The van der Waals surface area contributed by atoms with Gasteiger partial charge in [0.25, 0.3) is 11.8 Å². The average molecular weight is 541 g/mol. The van der Waals surface area contributed by atoms with Gasteiger partial charge < -0.3 is 25.0 Å². The van der Waals surface area contributed by atoms with E-state index in [4.69, 9.17) is 14.5 Å². The van der Waals surface area contributed by atoms with E-state index in [1.807, 2.05) is 62.4 Å². The van der Waals surface area contributed by atoms with Crippen molar-refractivity contribution in [1.82, 2.24) is 15.6 Å². The van der Waals surface area contributed by atoms with Gasteiger partial charge in [0, 0.05) is 41.9 Å². The largest absolute Gasteiger partial charge is 0.497 e. The van der Waals surface area contributed by atoms with E-state index in [9.17, 15) is 9.59 Å². The summed E-state index contributed by atoms with van der Waals surface area (Å²) in [7, 11) is 1.63. The fourth-order valence-corrected chi connectivity index (χ4v) is 6.53. The molecule has 8 heteroatoms. The van der Waals surface area contributed by atoms with Crippen molar-refractivity contribution in [2.45, 2.75) is 70.1 Å². The number of carbonyl (C=O) groups is 2. The minimum Gasteiger partial charge on any atom is -0.497 e. The van der Waals surface area contributed by atoms with Gasteiger partial charge >= 0.3 is 0 Å². The molecule has 3 atom stereocenters. The summed E-state index contributed by atoms with van der Waals surface area (Å²) in [5.74, 6) is 2.34. The standard InChI is InChI=1S/C32H36N4O4/c1-19-28(11-7-21-13-14-40-30(19)21)32(38)35-24-16-25-9-10-26(17-24)36(25)29-12-8-23(18-33-29)31(37)34-20(2)22-5-4-6-27(15-22)39-3/h4-8,11-12,15,18,20,24-26H,9-10,13-14,16-17H2,1-3H3,(H,34,37)(H,35,38)/t20-,24?,25?,26?/m0/s1. The van der Waals surface area contributed by atoms with Gasteiger partial charge in [0.15, 0.2) is 0 Å². The minimum atomic E-state index is -0.166.